The molecule has 330 valence electrons. The van der Waals surface area contributed by atoms with Crippen LogP contribution in [0.25, 0.3) is 0 Å². The Balaban J connectivity index is 3.83. The fourth-order valence-electron chi connectivity index (χ4n) is 5.95. The summed E-state index contributed by atoms with van der Waals surface area (Å²) in [5.41, 5.74) is 0. The molecule has 0 aromatic carbocycles. The molecule has 0 saturated heterocycles. The highest BCUT2D eigenvalue weighted by molar-refractivity contribution is 9.73. The molecule has 24 heteroatoms. The second-order valence-electron chi connectivity index (χ2n) is 12.0. The third-order valence-electron chi connectivity index (χ3n) is 8.06. The van der Waals surface area contributed by atoms with Gasteiger partial charge in [-0.05, 0) is 123 Å². The summed E-state index contributed by atoms with van der Waals surface area (Å²) >= 11 is 20.8. The minimum absolute atomic E-state index is 0.504. The Morgan fingerprint density at radius 3 is 1.31 bits per heavy atom. The van der Waals surface area contributed by atoms with Gasteiger partial charge < -0.3 is 39.8 Å². The van der Waals surface area contributed by atoms with Gasteiger partial charge >= 0.3 is 26.4 Å². The van der Waals surface area contributed by atoms with E-state index < -0.39 is 48.8 Å². The molecule has 1 fully saturated rings. The Labute approximate surface area is 374 Å². The molecule has 1 rings (SSSR count). The highest BCUT2D eigenvalue weighted by atomic mass is 34.1. The Kier molecular flexibility index (Phi) is 32.0. The molecular formula is C30H72O9S12Si3. The molecule has 9 nitrogen and oxygen atoms in total. The van der Waals surface area contributed by atoms with E-state index in [1.165, 1.54) is 51.8 Å². The van der Waals surface area contributed by atoms with E-state index in [1.807, 2.05) is 84.9 Å². The first kappa shape index (κ1) is 56.5. The fraction of sp³-hybridized carbons (Fsp3) is 1.00. The molecule has 0 radical (unpaired) electrons. The molecule has 1 saturated carbocycles. The average Bonchev–Trinajstić information content (AvgIpc) is 3.14. The topological polar surface area (TPSA) is 83.1 Å². The summed E-state index contributed by atoms with van der Waals surface area (Å²) in [6.45, 7) is 22.8. The van der Waals surface area contributed by atoms with Gasteiger partial charge in [-0.15, -0.1) is 31.4 Å². The fourth-order valence-corrected chi connectivity index (χ4v) is 76.5. The summed E-state index contributed by atoms with van der Waals surface area (Å²) in [6, 6.07) is 0.715. The normalized spacial score (nSPS) is 20.2. The summed E-state index contributed by atoms with van der Waals surface area (Å²) in [5, 5.41) is 1.14. The van der Waals surface area contributed by atoms with Crippen LogP contribution in [-0.2, 0) is 39.8 Å². The lowest BCUT2D eigenvalue weighted by atomic mass is 9.88. The molecule has 0 amide bonds. The third-order valence-corrected chi connectivity index (χ3v) is 67.8. The number of thiol groups is 4. The first-order chi connectivity index (χ1) is 25.8. The van der Waals surface area contributed by atoms with Crippen LogP contribution in [0.1, 0.15) is 101 Å². The highest BCUT2D eigenvalue weighted by Crippen LogP contribution is 2.94. The van der Waals surface area contributed by atoms with Gasteiger partial charge in [0.15, 0.2) is 0 Å². The van der Waals surface area contributed by atoms with Crippen LogP contribution in [0.2, 0.25) is 6.04 Å². The minimum Gasteiger partial charge on any atom is -0.374 e. The molecule has 1 aliphatic carbocycles. The molecule has 0 N–H and O–H groups in total. The quantitative estimate of drug-likeness (QED) is 0.0276. The van der Waals surface area contributed by atoms with Crippen molar-refractivity contribution in [3.05, 3.63) is 0 Å². The van der Waals surface area contributed by atoms with Crippen LogP contribution in [-0.4, -0.2) is 108 Å². The first-order valence-corrected chi connectivity index (χ1v) is 42.4. The Morgan fingerprint density at radius 1 is 0.519 bits per heavy atom. The summed E-state index contributed by atoms with van der Waals surface area (Å²) in [7, 11) is -5.52. The van der Waals surface area contributed by atoms with Crippen molar-refractivity contribution in [1.82, 2.24) is 0 Å². The molecule has 0 spiro atoms. The summed E-state index contributed by atoms with van der Waals surface area (Å²) in [6.07, 6.45) is 7.64. The van der Waals surface area contributed by atoms with E-state index in [9.17, 15) is 0 Å². The van der Waals surface area contributed by atoms with E-state index in [0.717, 1.165) is 17.9 Å². The van der Waals surface area contributed by atoms with Crippen molar-refractivity contribution in [1.29, 1.82) is 0 Å². The van der Waals surface area contributed by atoms with Crippen LogP contribution < -0.4 is 0 Å². The molecule has 0 bridgehead atoms. The lowest BCUT2D eigenvalue weighted by molar-refractivity contribution is 0.0731. The van der Waals surface area contributed by atoms with E-state index >= 15 is 0 Å². The van der Waals surface area contributed by atoms with E-state index in [0.29, 0.717) is 82.2 Å². The van der Waals surface area contributed by atoms with Gasteiger partial charge in [-0.2, -0.15) is 0 Å². The predicted molar refractivity (Wildman–Crippen MR) is 274 cm³/mol. The second-order valence-corrected chi connectivity index (χ2v) is 54.8. The first-order valence-electron chi connectivity index (χ1n) is 19.1. The largest absolute Gasteiger partial charge is 0.512 e. The van der Waals surface area contributed by atoms with Crippen molar-refractivity contribution in [3.8, 4) is 0 Å². The molecular weight excluding hydrogens is 973 g/mol. The van der Waals surface area contributed by atoms with Gasteiger partial charge in [0, 0.05) is 71.3 Å². The Bertz CT molecular complexity index is 939. The lowest BCUT2D eigenvalue weighted by Gasteiger charge is -2.48. The Morgan fingerprint density at radius 2 is 0.926 bits per heavy atom. The van der Waals surface area contributed by atoms with Crippen molar-refractivity contribution >= 4 is 145 Å². The maximum Gasteiger partial charge on any atom is 0.512 e. The molecule has 3 unspecified atom stereocenters. The SMILES string of the molecule is CCO[Si](CC)(OCC)OCCS(CCC1CCCCC1)(SSS(S)(C[Si](OCC)(OCC)OCC)SS)SS(S)(C[Si](OCC)(OCC)OCC)SS. The summed E-state index contributed by atoms with van der Waals surface area (Å²) in [4.78, 5) is 0. The molecule has 0 heterocycles. The van der Waals surface area contributed by atoms with Crippen molar-refractivity contribution < 1.29 is 39.8 Å². The monoisotopic (exact) mass is 1040 g/mol. The predicted octanol–water partition coefficient (Wildman–Crippen LogP) is 13.0. The van der Waals surface area contributed by atoms with E-state index in [1.54, 1.807) is 0 Å². The van der Waals surface area contributed by atoms with Crippen LogP contribution in [0.3, 0.4) is 0 Å². The van der Waals surface area contributed by atoms with Crippen LogP contribution in [0.4, 0.5) is 0 Å². The third kappa shape index (κ3) is 20.3. The number of rotatable bonds is 35. The second kappa shape index (κ2) is 30.6. The minimum atomic E-state index is -3.09. The van der Waals surface area contributed by atoms with E-state index in [-0.39, 0.29) is 0 Å². The summed E-state index contributed by atoms with van der Waals surface area (Å²) in [5.74, 6) is 2.56. The molecule has 0 aromatic heterocycles. The highest BCUT2D eigenvalue weighted by Gasteiger charge is 2.51. The molecule has 3 atom stereocenters. The van der Waals surface area contributed by atoms with Crippen LogP contribution in [0, 0.1) is 5.92 Å². The zero-order valence-electron chi connectivity index (χ0n) is 33.9. The summed E-state index contributed by atoms with van der Waals surface area (Å²) < 4.78 is 57.6. The van der Waals surface area contributed by atoms with Crippen LogP contribution in [0.15, 0.2) is 0 Å². The number of hydrogen-bond acceptors (Lipinski definition) is 18. The van der Waals surface area contributed by atoms with Gasteiger partial charge in [-0.25, -0.2) is 0 Å². The number of hydrogen-bond donors (Lipinski definition) is 4. The molecule has 1 aliphatic rings. The van der Waals surface area contributed by atoms with Crippen molar-refractivity contribution in [2.24, 2.45) is 5.92 Å². The van der Waals surface area contributed by atoms with Crippen molar-refractivity contribution in [2.75, 3.05) is 81.7 Å². The standard InChI is InChI=1S/C30H72O9S12Si3/c1-10-31-52(18-9,32-11-2)39-25-27-49(26-24-30-22-20-19-21-23-30,48-51(43,45-41)29-54(36-15-6,37-16-7)38-17-8)46-47-50(42,44-40)28-53(33-12-3,34-13-4)35-14-5/h30,40-43H,10-29H2,1-9H3. The van der Waals surface area contributed by atoms with Gasteiger partial charge in [0.2, 0.25) is 0 Å². The zero-order valence-corrected chi connectivity index (χ0v) is 47.1. The van der Waals surface area contributed by atoms with E-state index in [2.05, 4.69) is 6.92 Å². The maximum atomic E-state index is 6.79. The molecule has 0 aromatic rings. The maximum absolute atomic E-state index is 6.79. The molecule has 54 heavy (non-hydrogen) atoms. The molecule has 0 aliphatic heterocycles. The van der Waals surface area contributed by atoms with Gasteiger partial charge in [-0.3, -0.25) is 0 Å². The van der Waals surface area contributed by atoms with Crippen molar-refractivity contribution in [3.63, 3.8) is 0 Å². The van der Waals surface area contributed by atoms with Gasteiger partial charge in [-0.1, -0.05) is 76.6 Å². The Hall–Kier alpha value is 4.49. The van der Waals surface area contributed by atoms with Crippen molar-refractivity contribution in [2.45, 2.75) is 107 Å². The smallest absolute Gasteiger partial charge is 0.374 e. The van der Waals surface area contributed by atoms with Crippen LogP contribution >= 0.6 is 118 Å². The zero-order chi connectivity index (χ0) is 40.6. The van der Waals surface area contributed by atoms with Gasteiger partial charge in [0.25, 0.3) is 0 Å². The van der Waals surface area contributed by atoms with Gasteiger partial charge in [0.05, 0.1) is 10.8 Å². The van der Waals surface area contributed by atoms with Gasteiger partial charge in [0.1, 0.15) is 0 Å². The lowest BCUT2D eigenvalue weighted by Crippen LogP contribution is -2.50. The average molecular weight is 1050 g/mol. The van der Waals surface area contributed by atoms with E-state index in [4.69, 9.17) is 86.5 Å². The van der Waals surface area contributed by atoms with Crippen LogP contribution in [0.5, 0.6) is 0 Å².